The van der Waals surface area contributed by atoms with E-state index < -0.39 is 0 Å². The van der Waals surface area contributed by atoms with Crippen molar-refractivity contribution >= 4 is 11.9 Å². The number of esters is 1. The fraction of sp³-hybridized carbons (Fsp3) is 0.846. The van der Waals surface area contributed by atoms with Gasteiger partial charge in [0.1, 0.15) is 0 Å². The summed E-state index contributed by atoms with van der Waals surface area (Å²) < 4.78 is 4.58. The van der Waals surface area contributed by atoms with Gasteiger partial charge in [0.2, 0.25) is 0 Å². The van der Waals surface area contributed by atoms with Gasteiger partial charge >= 0.3 is 5.97 Å². The van der Waals surface area contributed by atoms with Gasteiger partial charge < -0.3 is 15.8 Å². The normalized spacial score (nSPS) is 15.5. The van der Waals surface area contributed by atoms with Crippen LogP contribution in [0.3, 0.4) is 0 Å². The summed E-state index contributed by atoms with van der Waals surface area (Å²) in [5.74, 6) is 0.474. The van der Waals surface area contributed by atoms with E-state index in [0.29, 0.717) is 18.4 Å². The van der Waals surface area contributed by atoms with Gasteiger partial charge in [0.25, 0.3) is 0 Å². The zero-order chi connectivity index (χ0) is 13.2. The lowest BCUT2D eigenvalue weighted by molar-refractivity contribution is -0.140. The number of aliphatic imine (C=N–C) groups is 1. The van der Waals surface area contributed by atoms with Crippen LogP contribution in [-0.4, -0.2) is 31.6 Å². The summed E-state index contributed by atoms with van der Waals surface area (Å²) in [4.78, 5) is 15.1. The highest BCUT2D eigenvalue weighted by molar-refractivity contribution is 5.78. The molecule has 18 heavy (non-hydrogen) atoms. The lowest BCUT2D eigenvalue weighted by atomic mass is 10.1. The van der Waals surface area contributed by atoms with Crippen LogP contribution in [0.15, 0.2) is 4.99 Å². The quantitative estimate of drug-likeness (QED) is 0.284. The highest BCUT2D eigenvalue weighted by atomic mass is 16.5. The average Bonchev–Trinajstić information content (AvgIpc) is 3.16. The maximum Gasteiger partial charge on any atom is 0.305 e. The number of nitrogens with one attached hydrogen (secondary N) is 1. The van der Waals surface area contributed by atoms with E-state index in [9.17, 15) is 4.79 Å². The molecule has 0 bridgehead atoms. The molecule has 1 aliphatic carbocycles. The van der Waals surface area contributed by atoms with Crippen molar-refractivity contribution in [1.29, 1.82) is 0 Å². The van der Waals surface area contributed by atoms with Crippen molar-refractivity contribution in [3.8, 4) is 0 Å². The summed E-state index contributed by atoms with van der Waals surface area (Å²) in [6.45, 7) is 0.794. The summed E-state index contributed by atoms with van der Waals surface area (Å²) in [7, 11) is 1.43. The molecule has 0 spiro atoms. The molecule has 0 aromatic heterocycles. The number of ether oxygens (including phenoxy) is 1. The van der Waals surface area contributed by atoms with Crippen LogP contribution >= 0.6 is 0 Å². The van der Waals surface area contributed by atoms with Crippen molar-refractivity contribution in [1.82, 2.24) is 5.32 Å². The molecule has 1 rings (SSSR count). The molecule has 1 saturated carbocycles. The van der Waals surface area contributed by atoms with E-state index in [1.165, 1.54) is 20.0 Å². The second-order valence-electron chi connectivity index (χ2n) is 4.78. The summed E-state index contributed by atoms with van der Waals surface area (Å²) in [6, 6.07) is 0.576. The average molecular weight is 255 g/mol. The predicted molar refractivity (Wildman–Crippen MR) is 72.4 cm³/mol. The zero-order valence-corrected chi connectivity index (χ0v) is 11.3. The van der Waals surface area contributed by atoms with Gasteiger partial charge in [-0.3, -0.25) is 9.79 Å². The molecule has 1 fully saturated rings. The van der Waals surface area contributed by atoms with E-state index in [0.717, 1.165) is 38.6 Å². The standard InChI is InChI=1S/C13H25N3O2/c1-18-12(17)7-5-3-2-4-6-10-15-13(14)16-11-8-9-11/h11H,2-10H2,1H3,(H3,14,15,16). The van der Waals surface area contributed by atoms with E-state index in [4.69, 9.17) is 5.73 Å². The molecule has 0 radical (unpaired) electrons. The topological polar surface area (TPSA) is 76.7 Å². The largest absolute Gasteiger partial charge is 0.469 e. The third kappa shape index (κ3) is 7.92. The van der Waals surface area contributed by atoms with Crippen molar-refractivity contribution in [2.45, 2.75) is 57.4 Å². The first-order chi connectivity index (χ1) is 8.72. The number of guanidine groups is 1. The van der Waals surface area contributed by atoms with Gasteiger partial charge in [0.05, 0.1) is 7.11 Å². The molecule has 104 valence electrons. The number of hydrogen-bond donors (Lipinski definition) is 2. The Labute approximate surface area is 109 Å². The van der Waals surface area contributed by atoms with Gasteiger partial charge in [-0.15, -0.1) is 0 Å². The molecule has 5 nitrogen and oxygen atoms in total. The molecule has 0 aromatic rings. The zero-order valence-electron chi connectivity index (χ0n) is 11.3. The molecular weight excluding hydrogens is 230 g/mol. The first-order valence-electron chi connectivity index (χ1n) is 6.85. The fourth-order valence-corrected chi connectivity index (χ4v) is 1.70. The van der Waals surface area contributed by atoms with Crippen molar-refractivity contribution < 1.29 is 9.53 Å². The molecule has 3 N–H and O–H groups in total. The summed E-state index contributed by atoms with van der Waals surface area (Å²) in [5, 5.41) is 3.16. The number of unbranched alkanes of at least 4 members (excludes halogenated alkanes) is 4. The third-order valence-electron chi connectivity index (χ3n) is 2.98. The molecule has 0 atom stereocenters. The smallest absolute Gasteiger partial charge is 0.305 e. The van der Waals surface area contributed by atoms with E-state index in [-0.39, 0.29) is 5.97 Å². The first kappa shape index (κ1) is 14.8. The third-order valence-corrected chi connectivity index (χ3v) is 2.98. The minimum Gasteiger partial charge on any atom is -0.469 e. The number of carbonyl (C=O) groups excluding carboxylic acids is 1. The summed E-state index contributed by atoms with van der Waals surface area (Å²) in [5.41, 5.74) is 5.71. The number of methoxy groups -OCH3 is 1. The summed E-state index contributed by atoms with van der Waals surface area (Å²) in [6.07, 6.45) is 8.31. The van der Waals surface area contributed by atoms with E-state index in [1.807, 2.05) is 0 Å². The van der Waals surface area contributed by atoms with E-state index >= 15 is 0 Å². The van der Waals surface area contributed by atoms with Gasteiger partial charge in [-0.2, -0.15) is 0 Å². The first-order valence-corrected chi connectivity index (χ1v) is 6.85. The molecule has 0 saturated heterocycles. The fourth-order valence-electron chi connectivity index (χ4n) is 1.70. The number of carbonyl (C=O) groups is 1. The van der Waals surface area contributed by atoms with Gasteiger partial charge in [-0.25, -0.2) is 0 Å². The van der Waals surface area contributed by atoms with Gasteiger partial charge in [-0.1, -0.05) is 19.3 Å². The predicted octanol–water partition coefficient (Wildman–Crippen LogP) is 1.57. The van der Waals surface area contributed by atoms with Crippen LogP contribution in [0.1, 0.15) is 51.4 Å². The Morgan fingerprint density at radius 1 is 1.28 bits per heavy atom. The second-order valence-corrected chi connectivity index (χ2v) is 4.78. The van der Waals surface area contributed by atoms with Crippen LogP contribution in [0, 0.1) is 0 Å². The minimum atomic E-state index is -0.112. The lowest BCUT2D eigenvalue weighted by Gasteiger charge is -2.03. The molecular formula is C13H25N3O2. The van der Waals surface area contributed by atoms with Crippen LogP contribution in [0.2, 0.25) is 0 Å². The maximum absolute atomic E-state index is 10.9. The van der Waals surface area contributed by atoms with E-state index in [1.54, 1.807) is 0 Å². The molecule has 1 aliphatic rings. The molecule has 0 amide bonds. The summed E-state index contributed by atoms with van der Waals surface area (Å²) >= 11 is 0. The van der Waals surface area contributed by atoms with Crippen LogP contribution < -0.4 is 11.1 Å². The number of nitrogens with zero attached hydrogens (tertiary/aromatic N) is 1. The molecule has 0 heterocycles. The molecule has 0 aromatic carbocycles. The SMILES string of the molecule is COC(=O)CCCCCCCN=C(N)NC1CC1. The van der Waals surface area contributed by atoms with Crippen LogP contribution in [0.5, 0.6) is 0 Å². The Morgan fingerprint density at radius 2 is 1.94 bits per heavy atom. The maximum atomic E-state index is 10.9. The van der Waals surface area contributed by atoms with Gasteiger partial charge in [0, 0.05) is 19.0 Å². The van der Waals surface area contributed by atoms with Crippen molar-refractivity contribution in [2.24, 2.45) is 10.7 Å². The highest BCUT2D eigenvalue weighted by Gasteiger charge is 2.21. The molecule has 5 heteroatoms. The number of hydrogen-bond acceptors (Lipinski definition) is 3. The Kier molecular flexibility index (Phi) is 7.22. The van der Waals surface area contributed by atoms with Crippen LogP contribution in [0.25, 0.3) is 0 Å². The Hall–Kier alpha value is -1.26. The molecule has 0 unspecified atom stereocenters. The van der Waals surface area contributed by atoms with Gasteiger partial charge in [-0.05, 0) is 25.7 Å². The Balaban J connectivity index is 1.84. The minimum absolute atomic E-state index is 0.112. The van der Waals surface area contributed by atoms with E-state index in [2.05, 4.69) is 15.0 Å². The Morgan fingerprint density at radius 3 is 2.61 bits per heavy atom. The lowest BCUT2D eigenvalue weighted by Crippen LogP contribution is -2.33. The molecule has 0 aliphatic heterocycles. The van der Waals surface area contributed by atoms with Crippen molar-refractivity contribution in [2.75, 3.05) is 13.7 Å². The Bertz CT molecular complexity index is 275. The highest BCUT2D eigenvalue weighted by Crippen LogP contribution is 2.17. The second kappa shape index (κ2) is 8.78. The number of nitrogens with two attached hydrogens (primary N) is 1. The number of rotatable bonds is 9. The van der Waals surface area contributed by atoms with Crippen LogP contribution in [-0.2, 0) is 9.53 Å². The monoisotopic (exact) mass is 255 g/mol. The van der Waals surface area contributed by atoms with Crippen LogP contribution in [0.4, 0.5) is 0 Å². The van der Waals surface area contributed by atoms with Crippen molar-refractivity contribution in [3.63, 3.8) is 0 Å². The van der Waals surface area contributed by atoms with Gasteiger partial charge in [0.15, 0.2) is 5.96 Å². The van der Waals surface area contributed by atoms with Crippen molar-refractivity contribution in [3.05, 3.63) is 0 Å².